The van der Waals surface area contributed by atoms with Gasteiger partial charge in [-0.05, 0) is 43.2 Å². The lowest BCUT2D eigenvalue weighted by Gasteiger charge is -2.13. The van der Waals surface area contributed by atoms with Crippen molar-refractivity contribution in [1.82, 2.24) is 0 Å². The van der Waals surface area contributed by atoms with Gasteiger partial charge in [0.1, 0.15) is 0 Å². The van der Waals surface area contributed by atoms with Crippen LogP contribution >= 0.6 is 0 Å². The third kappa shape index (κ3) is 3.33. The molecule has 0 saturated heterocycles. The first kappa shape index (κ1) is 16.5. The van der Waals surface area contributed by atoms with Crippen LogP contribution < -0.4 is 4.72 Å². The second-order valence-corrected chi connectivity index (χ2v) is 6.65. The van der Waals surface area contributed by atoms with Gasteiger partial charge in [0.15, 0.2) is 0 Å². The van der Waals surface area contributed by atoms with E-state index in [2.05, 4.69) is 4.72 Å². The molecule has 0 bridgehead atoms. The molecule has 0 spiro atoms. The molecular formula is C16H14N2O4S. The van der Waals surface area contributed by atoms with Crippen LogP contribution in [0.4, 0.5) is 5.69 Å². The summed E-state index contributed by atoms with van der Waals surface area (Å²) < 4.78 is 27.4. The molecule has 7 heteroatoms. The van der Waals surface area contributed by atoms with Crippen molar-refractivity contribution in [1.29, 1.82) is 5.26 Å². The molecule has 0 saturated carbocycles. The average Bonchev–Trinajstić information content (AvgIpc) is 2.46. The summed E-state index contributed by atoms with van der Waals surface area (Å²) in [5.74, 6) is -1.22. The van der Waals surface area contributed by atoms with Gasteiger partial charge in [-0.1, -0.05) is 18.2 Å². The molecule has 0 aliphatic heterocycles. The van der Waals surface area contributed by atoms with Crippen LogP contribution in [0, 0.1) is 25.2 Å². The molecule has 0 fully saturated rings. The smallest absolute Gasteiger partial charge is 0.338 e. The van der Waals surface area contributed by atoms with E-state index < -0.39 is 16.0 Å². The standard InChI is InChI=1S/C16H14N2O4S/c1-10-6-7-12(9-17)8-14(10)23(21,22)18-13-5-3-4-11(2)15(13)16(19)20/h3-8,18H,1-2H3,(H,19,20). The number of hydrogen-bond donors (Lipinski definition) is 2. The highest BCUT2D eigenvalue weighted by Gasteiger charge is 2.21. The van der Waals surface area contributed by atoms with E-state index in [1.165, 1.54) is 24.3 Å². The lowest BCUT2D eigenvalue weighted by atomic mass is 10.1. The molecule has 23 heavy (non-hydrogen) atoms. The Balaban J connectivity index is 2.55. The zero-order valence-corrected chi connectivity index (χ0v) is 13.3. The molecule has 0 aliphatic carbocycles. The highest BCUT2D eigenvalue weighted by Crippen LogP contribution is 2.25. The third-order valence-corrected chi connectivity index (χ3v) is 4.85. The minimum absolute atomic E-state index is 0.0146. The van der Waals surface area contributed by atoms with Crippen molar-refractivity contribution < 1.29 is 18.3 Å². The predicted molar refractivity (Wildman–Crippen MR) is 84.8 cm³/mol. The van der Waals surface area contributed by atoms with E-state index in [9.17, 15) is 18.3 Å². The zero-order valence-electron chi connectivity index (χ0n) is 12.5. The molecule has 2 aromatic carbocycles. The van der Waals surface area contributed by atoms with Crippen molar-refractivity contribution in [3.05, 3.63) is 58.7 Å². The Bertz CT molecular complexity index is 928. The largest absolute Gasteiger partial charge is 0.478 e. The van der Waals surface area contributed by atoms with Crippen molar-refractivity contribution >= 4 is 21.7 Å². The van der Waals surface area contributed by atoms with Gasteiger partial charge in [0.2, 0.25) is 0 Å². The molecule has 0 atom stereocenters. The fourth-order valence-electron chi connectivity index (χ4n) is 2.20. The number of carboxylic acids is 1. The molecule has 0 aromatic heterocycles. The summed E-state index contributed by atoms with van der Waals surface area (Å²) in [4.78, 5) is 11.3. The van der Waals surface area contributed by atoms with Crippen molar-refractivity contribution in [3.8, 4) is 6.07 Å². The minimum Gasteiger partial charge on any atom is -0.478 e. The number of carboxylic acid groups (broad SMARTS) is 1. The Morgan fingerprint density at radius 1 is 1.17 bits per heavy atom. The third-order valence-electron chi connectivity index (χ3n) is 3.34. The summed E-state index contributed by atoms with van der Waals surface area (Å²) in [5.41, 5.74) is 0.990. The second kappa shape index (κ2) is 6.10. The molecule has 0 heterocycles. The number of carbonyl (C=O) groups is 1. The van der Waals surface area contributed by atoms with Gasteiger partial charge in [0, 0.05) is 0 Å². The number of nitriles is 1. The second-order valence-electron chi connectivity index (χ2n) is 5.00. The van der Waals surface area contributed by atoms with E-state index in [-0.39, 0.29) is 21.7 Å². The Morgan fingerprint density at radius 2 is 1.87 bits per heavy atom. The summed E-state index contributed by atoms with van der Waals surface area (Å²) in [6.07, 6.45) is 0. The van der Waals surface area contributed by atoms with Crippen molar-refractivity contribution in [2.45, 2.75) is 18.7 Å². The van der Waals surface area contributed by atoms with Crippen molar-refractivity contribution in [3.63, 3.8) is 0 Å². The van der Waals surface area contributed by atoms with Gasteiger partial charge in [0.05, 0.1) is 27.8 Å². The van der Waals surface area contributed by atoms with E-state index in [0.29, 0.717) is 11.1 Å². The maximum atomic E-state index is 12.6. The van der Waals surface area contributed by atoms with Crippen LogP contribution in [0.15, 0.2) is 41.3 Å². The quantitative estimate of drug-likeness (QED) is 0.896. The molecule has 0 aliphatic rings. The van der Waals surface area contributed by atoms with E-state index in [0.717, 1.165) is 0 Å². The lowest BCUT2D eigenvalue weighted by molar-refractivity contribution is 0.0697. The highest BCUT2D eigenvalue weighted by molar-refractivity contribution is 7.92. The maximum Gasteiger partial charge on any atom is 0.338 e. The number of nitrogens with one attached hydrogen (secondary N) is 1. The summed E-state index contributed by atoms with van der Waals surface area (Å²) in [6.45, 7) is 3.19. The van der Waals surface area contributed by atoms with Crippen LogP contribution in [0.25, 0.3) is 0 Å². The lowest BCUT2D eigenvalue weighted by Crippen LogP contribution is -2.17. The van der Waals surface area contributed by atoms with Crippen molar-refractivity contribution in [2.24, 2.45) is 0 Å². The summed E-state index contributed by atoms with van der Waals surface area (Å²) in [7, 11) is -4.01. The summed E-state index contributed by atoms with van der Waals surface area (Å²) in [6, 6.07) is 10.7. The monoisotopic (exact) mass is 330 g/mol. The van der Waals surface area contributed by atoms with Gasteiger partial charge in [-0.3, -0.25) is 4.72 Å². The van der Waals surface area contributed by atoms with Crippen LogP contribution in [-0.4, -0.2) is 19.5 Å². The molecule has 2 N–H and O–H groups in total. The summed E-state index contributed by atoms with van der Waals surface area (Å²) >= 11 is 0. The average molecular weight is 330 g/mol. The first-order valence-electron chi connectivity index (χ1n) is 6.62. The summed E-state index contributed by atoms with van der Waals surface area (Å²) in [5, 5.41) is 18.2. The molecule has 0 radical (unpaired) electrons. The number of benzene rings is 2. The zero-order chi connectivity index (χ0) is 17.2. The number of hydrogen-bond acceptors (Lipinski definition) is 4. The van der Waals surface area contributed by atoms with Crippen LogP contribution in [0.1, 0.15) is 27.0 Å². The highest BCUT2D eigenvalue weighted by atomic mass is 32.2. The molecule has 0 amide bonds. The fourth-order valence-corrected chi connectivity index (χ4v) is 3.54. The molecule has 6 nitrogen and oxygen atoms in total. The van der Waals surface area contributed by atoms with Gasteiger partial charge in [0.25, 0.3) is 10.0 Å². The van der Waals surface area contributed by atoms with Crippen LogP contribution in [-0.2, 0) is 10.0 Å². The van der Waals surface area contributed by atoms with Gasteiger partial charge in [-0.15, -0.1) is 0 Å². The SMILES string of the molecule is Cc1ccc(C#N)cc1S(=O)(=O)Nc1cccc(C)c1C(=O)O. The molecule has 2 rings (SSSR count). The fraction of sp³-hybridized carbons (Fsp3) is 0.125. The van der Waals surface area contributed by atoms with Crippen LogP contribution in [0.3, 0.4) is 0 Å². The van der Waals surface area contributed by atoms with Gasteiger partial charge < -0.3 is 5.11 Å². The van der Waals surface area contributed by atoms with Crippen molar-refractivity contribution in [2.75, 3.05) is 4.72 Å². The number of aromatic carboxylic acids is 1. The number of rotatable bonds is 4. The van der Waals surface area contributed by atoms with E-state index in [4.69, 9.17) is 5.26 Å². The van der Waals surface area contributed by atoms with Crippen LogP contribution in [0.2, 0.25) is 0 Å². The van der Waals surface area contributed by atoms with Gasteiger partial charge in [-0.2, -0.15) is 5.26 Å². The molecule has 118 valence electrons. The topological polar surface area (TPSA) is 107 Å². The first-order valence-corrected chi connectivity index (χ1v) is 8.11. The Labute approximate surface area is 134 Å². The number of sulfonamides is 1. The van der Waals surface area contributed by atoms with E-state index in [1.54, 1.807) is 26.0 Å². The first-order chi connectivity index (χ1) is 10.8. The normalized spacial score (nSPS) is 10.8. The minimum atomic E-state index is -4.01. The Hall–Kier alpha value is -2.85. The molecular weight excluding hydrogens is 316 g/mol. The number of aryl methyl sites for hydroxylation is 2. The molecule has 0 unspecified atom stereocenters. The number of anilines is 1. The Morgan fingerprint density at radius 3 is 2.48 bits per heavy atom. The van der Waals surface area contributed by atoms with E-state index >= 15 is 0 Å². The maximum absolute atomic E-state index is 12.6. The van der Waals surface area contributed by atoms with Gasteiger partial charge >= 0.3 is 5.97 Å². The predicted octanol–water partition coefficient (Wildman–Crippen LogP) is 2.67. The number of nitrogens with zero attached hydrogens (tertiary/aromatic N) is 1. The Kier molecular flexibility index (Phi) is 4.38. The molecule has 2 aromatic rings. The van der Waals surface area contributed by atoms with E-state index in [1.807, 2.05) is 6.07 Å². The van der Waals surface area contributed by atoms with Gasteiger partial charge in [-0.25, -0.2) is 13.2 Å². The van der Waals surface area contributed by atoms with Crippen LogP contribution in [0.5, 0.6) is 0 Å².